The van der Waals surface area contributed by atoms with Gasteiger partial charge in [-0.2, -0.15) is 4.98 Å². The van der Waals surface area contributed by atoms with Gasteiger partial charge in [0, 0.05) is 40.6 Å². The fraction of sp³-hybridized carbons (Fsp3) is 0.385. The van der Waals surface area contributed by atoms with Gasteiger partial charge in [-0.1, -0.05) is 38.4 Å². The first-order chi connectivity index (χ1) is 16.8. The van der Waals surface area contributed by atoms with Crippen LogP contribution in [-0.4, -0.2) is 33.4 Å². The molecule has 1 saturated carbocycles. The van der Waals surface area contributed by atoms with E-state index in [1.54, 1.807) is 6.20 Å². The third-order valence-electron chi connectivity index (χ3n) is 6.12. The van der Waals surface area contributed by atoms with E-state index in [0.29, 0.717) is 23.1 Å². The molecule has 0 spiro atoms. The van der Waals surface area contributed by atoms with Gasteiger partial charge in [-0.05, 0) is 61.2 Å². The summed E-state index contributed by atoms with van der Waals surface area (Å²) in [4.78, 5) is 26.7. The molecule has 35 heavy (non-hydrogen) atoms. The number of amides is 1. The highest BCUT2D eigenvalue weighted by atomic mass is 35.5. The van der Waals surface area contributed by atoms with Crippen LogP contribution in [0.25, 0.3) is 0 Å². The highest BCUT2D eigenvalue weighted by Gasteiger charge is 2.26. The van der Waals surface area contributed by atoms with Crippen molar-refractivity contribution in [1.82, 2.24) is 25.6 Å². The minimum atomic E-state index is -0.198. The molecule has 2 aliphatic rings. The van der Waals surface area contributed by atoms with Gasteiger partial charge >= 0.3 is 0 Å². The van der Waals surface area contributed by atoms with Gasteiger partial charge in [-0.25, -0.2) is 9.97 Å². The van der Waals surface area contributed by atoms with E-state index in [4.69, 9.17) is 16.6 Å². The van der Waals surface area contributed by atoms with Crippen LogP contribution in [0.3, 0.4) is 0 Å². The first-order valence-corrected chi connectivity index (χ1v) is 12.4. The normalized spacial score (nSPS) is 15.3. The van der Waals surface area contributed by atoms with Gasteiger partial charge in [0.2, 0.25) is 5.95 Å². The lowest BCUT2D eigenvalue weighted by atomic mass is 9.92. The maximum absolute atomic E-state index is 12.9. The summed E-state index contributed by atoms with van der Waals surface area (Å²) >= 11 is 6.54. The van der Waals surface area contributed by atoms with Crippen LogP contribution < -0.4 is 21.3 Å². The predicted octanol–water partition coefficient (Wildman–Crippen LogP) is 4.85. The Morgan fingerprint density at radius 2 is 1.97 bits per heavy atom. The number of aromatic nitrogens is 3. The molecule has 0 unspecified atom stereocenters. The van der Waals surface area contributed by atoms with E-state index in [9.17, 15) is 4.79 Å². The standard InChI is InChI=1S/C26H30ClN7O/c1-26(2,3)21-5-4-6-22(32-21)33-23-19(24(35)30-16-7-8-16)14-29-25(34-23)31-17-11-15-13-28-10-9-18(15)20(27)12-17/h4-6,11-12,14,16,28H,7-10,13H2,1-3H3,(H,30,35)(H2,29,31,32,33,34). The summed E-state index contributed by atoms with van der Waals surface area (Å²) in [6.45, 7) is 8.03. The van der Waals surface area contributed by atoms with E-state index >= 15 is 0 Å². The minimum Gasteiger partial charge on any atom is -0.349 e. The number of rotatable bonds is 6. The van der Waals surface area contributed by atoms with Crippen LogP contribution >= 0.6 is 11.6 Å². The Balaban J connectivity index is 1.46. The fourth-order valence-electron chi connectivity index (χ4n) is 4.01. The second-order valence-electron chi connectivity index (χ2n) is 10.1. The number of carbonyl (C=O) groups excluding carboxylic acids is 1. The predicted molar refractivity (Wildman–Crippen MR) is 139 cm³/mol. The summed E-state index contributed by atoms with van der Waals surface area (Å²) in [5.41, 5.74) is 4.34. The van der Waals surface area contributed by atoms with Crippen molar-refractivity contribution in [2.75, 3.05) is 17.2 Å². The Hall–Kier alpha value is -3.23. The molecule has 4 N–H and O–H groups in total. The average molecular weight is 492 g/mol. The first kappa shape index (κ1) is 23.5. The lowest BCUT2D eigenvalue weighted by molar-refractivity contribution is 0.0951. The van der Waals surface area contributed by atoms with Crippen LogP contribution in [0, 0.1) is 0 Å². The molecule has 0 atom stereocenters. The number of pyridine rings is 1. The third-order valence-corrected chi connectivity index (χ3v) is 6.46. The topological polar surface area (TPSA) is 104 Å². The largest absolute Gasteiger partial charge is 0.349 e. The average Bonchev–Trinajstić information content (AvgIpc) is 3.63. The second-order valence-corrected chi connectivity index (χ2v) is 10.5. The van der Waals surface area contributed by atoms with Crippen molar-refractivity contribution in [1.29, 1.82) is 0 Å². The molecule has 1 aliphatic carbocycles. The maximum Gasteiger partial charge on any atom is 0.256 e. The SMILES string of the molecule is CC(C)(C)c1cccc(Nc2nc(Nc3cc(Cl)c4c(c3)CNCC4)ncc2C(=O)NC2CC2)n1. The summed E-state index contributed by atoms with van der Waals surface area (Å²) in [5, 5.41) is 13.6. The number of hydrogen-bond acceptors (Lipinski definition) is 7. The summed E-state index contributed by atoms with van der Waals surface area (Å²) < 4.78 is 0. The summed E-state index contributed by atoms with van der Waals surface area (Å²) in [6, 6.07) is 9.98. The number of halogens is 1. The molecule has 1 aromatic carbocycles. The van der Waals surface area contributed by atoms with Crippen molar-refractivity contribution in [3.63, 3.8) is 0 Å². The number of carbonyl (C=O) groups is 1. The van der Waals surface area contributed by atoms with Crippen molar-refractivity contribution >= 4 is 40.8 Å². The number of nitrogens with one attached hydrogen (secondary N) is 4. The molecule has 1 fully saturated rings. The Morgan fingerprint density at radius 1 is 1.14 bits per heavy atom. The third kappa shape index (κ3) is 5.55. The zero-order chi connectivity index (χ0) is 24.6. The number of hydrogen-bond donors (Lipinski definition) is 4. The Labute approximate surface area is 210 Å². The monoisotopic (exact) mass is 491 g/mol. The van der Waals surface area contributed by atoms with E-state index in [2.05, 4.69) is 58.1 Å². The second kappa shape index (κ2) is 9.43. The Kier molecular flexibility index (Phi) is 6.34. The molecule has 3 aromatic rings. The van der Waals surface area contributed by atoms with Crippen LogP contribution in [0.15, 0.2) is 36.5 Å². The molecule has 182 valence electrons. The lowest BCUT2D eigenvalue weighted by Crippen LogP contribution is -2.27. The Bertz CT molecular complexity index is 1270. The maximum atomic E-state index is 12.9. The van der Waals surface area contributed by atoms with Gasteiger partial charge in [0.05, 0.1) is 0 Å². The summed E-state index contributed by atoms with van der Waals surface area (Å²) in [7, 11) is 0. The highest BCUT2D eigenvalue weighted by Crippen LogP contribution is 2.30. The molecule has 9 heteroatoms. The van der Waals surface area contributed by atoms with Crippen molar-refractivity contribution in [2.24, 2.45) is 0 Å². The van der Waals surface area contributed by atoms with Crippen molar-refractivity contribution < 1.29 is 4.79 Å². The molecule has 0 saturated heterocycles. The molecule has 5 rings (SSSR count). The molecule has 8 nitrogen and oxygen atoms in total. The van der Waals surface area contributed by atoms with Gasteiger partial charge in [0.15, 0.2) is 0 Å². The molecule has 1 amide bonds. The fourth-order valence-corrected chi connectivity index (χ4v) is 4.34. The summed E-state index contributed by atoms with van der Waals surface area (Å²) in [6.07, 6.45) is 4.45. The minimum absolute atomic E-state index is 0.108. The van der Waals surface area contributed by atoms with Crippen LogP contribution in [-0.2, 0) is 18.4 Å². The van der Waals surface area contributed by atoms with Gasteiger partial charge < -0.3 is 21.3 Å². The number of anilines is 4. The van der Waals surface area contributed by atoms with E-state index in [1.807, 2.05) is 24.3 Å². The van der Waals surface area contributed by atoms with Gasteiger partial charge in [0.25, 0.3) is 5.91 Å². The molecule has 2 aromatic heterocycles. The number of fused-ring (bicyclic) bond motifs is 1. The molecular weight excluding hydrogens is 462 g/mol. The Morgan fingerprint density at radius 3 is 2.74 bits per heavy atom. The molecule has 0 bridgehead atoms. The van der Waals surface area contributed by atoms with E-state index in [-0.39, 0.29) is 17.4 Å². The van der Waals surface area contributed by atoms with Crippen LogP contribution in [0.5, 0.6) is 0 Å². The van der Waals surface area contributed by atoms with Crippen LogP contribution in [0.2, 0.25) is 5.02 Å². The van der Waals surface area contributed by atoms with Crippen LogP contribution in [0.4, 0.5) is 23.3 Å². The quantitative estimate of drug-likeness (QED) is 0.391. The lowest BCUT2D eigenvalue weighted by Gasteiger charge is -2.20. The van der Waals surface area contributed by atoms with Crippen molar-refractivity contribution in [3.8, 4) is 0 Å². The van der Waals surface area contributed by atoms with Gasteiger partial charge in [0.1, 0.15) is 17.2 Å². The van der Waals surface area contributed by atoms with Crippen molar-refractivity contribution in [2.45, 2.75) is 58.0 Å². The van der Waals surface area contributed by atoms with E-state index in [1.165, 1.54) is 5.56 Å². The molecule has 0 radical (unpaired) electrons. The van der Waals surface area contributed by atoms with Gasteiger partial charge in [-0.3, -0.25) is 4.79 Å². The van der Waals surface area contributed by atoms with E-state index in [0.717, 1.165) is 54.3 Å². The van der Waals surface area contributed by atoms with Crippen LogP contribution in [0.1, 0.15) is 60.8 Å². The highest BCUT2D eigenvalue weighted by molar-refractivity contribution is 6.31. The summed E-state index contributed by atoms with van der Waals surface area (Å²) in [5.74, 6) is 1.18. The molecule has 1 aliphatic heterocycles. The molecule has 3 heterocycles. The zero-order valence-corrected chi connectivity index (χ0v) is 21.0. The molecular formula is C26H30ClN7O. The van der Waals surface area contributed by atoms with Gasteiger partial charge in [-0.15, -0.1) is 0 Å². The van der Waals surface area contributed by atoms with E-state index < -0.39 is 0 Å². The van der Waals surface area contributed by atoms with Crippen molar-refractivity contribution in [3.05, 3.63) is 63.9 Å². The number of benzene rings is 1. The first-order valence-electron chi connectivity index (χ1n) is 12.0. The zero-order valence-electron chi connectivity index (χ0n) is 20.2. The smallest absolute Gasteiger partial charge is 0.256 e. The number of nitrogens with zero attached hydrogens (tertiary/aromatic N) is 3.